The highest BCUT2D eigenvalue weighted by molar-refractivity contribution is 7.53. The summed E-state index contributed by atoms with van der Waals surface area (Å²) >= 11 is 0. The Morgan fingerprint density at radius 1 is 0.714 bits per heavy atom. The summed E-state index contributed by atoms with van der Waals surface area (Å²) in [7, 11) is -5.22. The maximum absolute atomic E-state index is 10.5. The lowest BCUT2D eigenvalue weighted by Gasteiger charge is -2.29. The van der Waals surface area contributed by atoms with Crippen LogP contribution in [0.5, 0.6) is 11.5 Å². The van der Waals surface area contributed by atoms with Crippen molar-refractivity contribution in [1.29, 1.82) is 0 Å². The van der Waals surface area contributed by atoms with Gasteiger partial charge in [0.2, 0.25) is 0 Å². The molecule has 0 aliphatic rings. The molecule has 0 saturated carbocycles. The van der Waals surface area contributed by atoms with Gasteiger partial charge in [-0.2, -0.15) is 0 Å². The van der Waals surface area contributed by atoms with Gasteiger partial charge in [0, 0.05) is 5.92 Å². The average Bonchev–Trinajstić information content (AvgIpc) is 2.64. The zero-order chi connectivity index (χ0) is 27.3. The van der Waals surface area contributed by atoms with Gasteiger partial charge >= 0.3 is 17.2 Å². The summed E-state index contributed by atoms with van der Waals surface area (Å²) in [6, 6.07) is 8.24. The summed E-state index contributed by atoms with van der Waals surface area (Å²) in [5.41, 5.74) is 6.52. The highest BCUT2D eigenvalue weighted by Crippen LogP contribution is 2.43. The average molecular weight is 529 g/mol. The lowest BCUT2D eigenvalue weighted by atomic mass is 9.76. The molecule has 0 aromatic heterocycles. The molecule has 35 heavy (non-hydrogen) atoms. The van der Waals surface area contributed by atoms with Crippen LogP contribution < -0.4 is 0 Å². The Bertz CT molecular complexity index is 902. The van der Waals surface area contributed by atoms with Crippen LogP contribution in [-0.2, 0) is 15.1 Å². The first-order chi connectivity index (χ1) is 15.9. The Hall–Kier alpha value is -1.30. The lowest BCUT2D eigenvalue weighted by molar-refractivity contribution is 0.324. The Balaban J connectivity index is 0.000000762. The molecule has 0 radical (unpaired) electrons. The van der Waals surface area contributed by atoms with Gasteiger partial charge in [-0.1, -0.05) is 67.0 Å². The van der Waals surface area contributed by atoms with E-state index in [-0.39, 0.29) is 16.7 Å². The van der Waals surface area contributed by atoms with Gasteiger partial charge in [0.05, 0.1) is 0 Å². The molecule has 0 aliphatic carbocycles. The van der Waals surface area contributed by atoms with Gasteiger partial charge in [-0.05, 0) is 76.6 Å². The van der Waals surface area contributed by atoms with Crippen molar-refractivity contribution in [2.75, 3.05) is 0 Å². The van der Waals surface area contributed by atoms with Crippen LogP contribution in [0.3, 0.4) is 0 Å². The van der Waals surface area contributed by atoms with E-state index in [1.807, 2.05) is 12.1 Å². The van der Waals surface area contributed by atoms with Crippen molar-refractivity contribution >= 4 is 17.2 Å². The number of hydrogen-bond acceptors (Lipinski definition) is 7. The van der Waals surface area contributed by atoms with Crippen LogP contribution in [0.25, 0.3) is 0 Å². The quantitative estimate of drug-likeness (QED) is 0.231. The standard InChI is InChI=1S/C26H38O2.H4O5P2/c1-10-11-18(19-14-21(25(4,5)6)23(27)12-16(19)2)20-15-22(26(7,8)9)24(28)13-17(20)3;1-6(2)5-7(3)4/h12-15,18,27-28H,10-11H2,1-9H3;1-4H. The van der Waals surface area contributed by atoms with Crippen LogP contribution in [0, 0.1) is 13.8 Å². The van der Waals surface area contributed by atoms with Gasteiger partial charge < -0.3 is 29.8 Å². The molecular formula is C26H42O7P2. The maximum atomic E-state index is 10.5. The smallest absolute Gasteiger partial charge is 0.334 e. The van der Waals surface area contributed by atoms with Crippen molar-refractivity contribution in [1.82, 2.24) is 0 Å². The fourth-order valence-electron chi connectivity index (χ4n) is 4.20. The van der Waals surface area contributed by atoms with Gasteiger partial charge in [0.25, 0.3) is 0 Å². The summed E-state index contributed by atoms with van der Waals surface area (Å²) in [5, 5.41) is 21.1. The fraction of sp³-hybridized carbons (Fsp3) is 0.538. The first-order valence-electron chi connectivity index (χ1n) is 11.6. The first kappa shape index (κ1) is 31.7. The topological polar surface area (TPSA) is 131 Å². The van der Waals surface area contributed by atoms with Crippen LogP contribution in [0.4, 0.5) is 0 Å². The zero-order valence-corrected chi connectivity index (χ0v) is 24.1. The number of benzene rings is 2. The molecule has 6 N–H and O–H groups in total. The molecule has 0 heterocycles. The van der Waals surface area contributed by atoms with Gasteiger partial charge in [0.1, 0.15) is 11.5 Å². The zero-order valence-electron chi connectivity index (χ0n) is 22.3. The number of phenolic OH excluding ortho intramolecular Hbond substituents is 2. The molecule has 0 amide bonds. The monoisotopic (exact) mass is 528 g/mol. The number of aryl methyl sites for hydroxylation is 2. The highest BCUT2D eigenvalue weighted by Gasteiger charge is 2.26. The van der Waals surface area contributed by atoms with Gasteiger partial charge in [-0.25, -0.2) is 4.31 Å². The van der Waals surface area contributed by atoms with Crippen LogP contribution >= 0.6 is 17.2 Å². The lowest BCUT2D eigenvalue weighted by Crippen LogP contribution is -2.16. The summed E-state index contributed by atoms with van der Waals surface area (Å²) < 4.78 is 3.60. The third-order valence-electron chi connectivity index (χ3n) is 5.86. The molecule has 0 fully saturated rings. The van der Waals surface area contributed by atoms with E-state index in [9.17, 15) is 10.2 Å². The maximum Gasteiger partial charge on any atom is 0.334 e. The van der Waals surface area contributed by atoms with E-state index in [4.69, 9.17) is 19.6 Å². The predicted molar refractivity (Wildman–Crippen MR) is 144 cm³/mol. The van der Waals surface area contributed by atoms with Crippen molar-refractivity contribution in [2.45, 2.75) is 91.9 Å². The first-order valence-corrected chi connectivity index (χ1v) is 13.9. The highest BCUT2D eigenvalue weighted by atomic mass is 31.2. The molecule has 2 aromatic rings. The second-order valence-corrected chi connectivity index (χ2v) is 12.5. The van der Waals surface area contributed by atoms with Crippen molar-refractivity contribution in [3.05, 3.63) is 57.6 Å². The normalized spacial score (nSPS) is 12.3. The Morgan fingerprint density at radius 2 is 1.06 bits per heavy atom. The molecule has 7 nitrogen and oxygen atoms in total. The van der Waals surface area contributed by atoms with Gasteiger partial charge in [0.15, 0.2) is 0 Å². The van der Waals surface area contributed by atoms with Crippen LogP contribution in [0.15, 0.2) is 24.3 Å². The van der Waals surface area contributed by atoms with Crippen LogP contribution in [0.1, 0.15) is 101 Å². The van der Waals surface area contributed by atoms with E-state index in [1.165, 1.54) is 11.1 Å². The molecule has 9 heteroatoms. The van der Waals surface area contributed by atoms with E-state index >= 15 is 0 Å². The molecule has 0 spiro atoms. The second kappa shape index (κ2) is 12.8. The number of phenols is 2. The van der Waals surface area contributed by atoms with Crippen molar-refractivity contribution in [2.24, 2.45) is 0 Å². The van der Waals surface area contributed by atoms with Crippen molar-refractivity contribution in [3.8, 4) is 11.5 Å². The molecule has 0 aliphatic heterocycles. The van der Waals surface area contributed by atoms with E-state index in [0.29, 0.717) is 11.5 Å². The van der Waals surface area contributed by atoms with Crippen molar-refractivity contribution < 1.29 is 34.1 Å². The number of rotatable bonds is 6. The molecule has 0 bridgehead atoms. The Morgan fingerprint density at radius 3 is 1.29 bits per heavy atom. The van der Waals surface area contributed by atoms with Crippen LogP contribution in [0.2, 0.25) is 0 Å². The molecule has 0 atom stereocenters. The van der Waals surface area contributed by atoms with Gasteiger partial charge in [-0.3, -0.25) is 0 Å². The fourth-order valence-corrected chi connectivity index (χ4v) is 4.73. The van der Waals surface area contributed by atoms with Crippen LogP contribution in [-0.4, -0.2) is 29.8 Å². The minimum Gasteiger partial charge on any atom is -0.508 e. The summed E-state index contributed by atoms with van der Waals surface area (Å²) in [4.78, 5) is 31.3. The van der Waals surface area contributed by atoms with E-state index in [0.717, 1.165) is 35.1 Å². The minimum atomic E-state index is -2.61. The molecule has 0 saturated heterocycles. The summed E-state index contributed by atoms with van der Waals surface area (Å²) in [6.07, 6.45) is 2.10. The third-order valence-corrected chi connectivity index (χ3v) is 7.03. The third kappa shape index (κ3) is 9.26. The summed E-state index contributed by atoms with van der Waals surface area (Å²) in [6.45, 7) is 19.2. The van der Waals surface area contributed by atoms with E-state index < -0.39 is 17.2 Å². The molecule has 198 valence electrons. The molecule has 0 unspecified atom stereocenters. The predicted octanol–water partition coefficient (Wildman–Crippen LogP) is 6.67. The van der Waals surface area contributed by atoms with Gasteiger partial charge in [-0.15, -0.1) is 0 Å². The molecular weight excluding hydrogens is 486 g/mol. The SMILES string of the molecule is CCCC(c1cc(C(C)(C)C)c(O)cc1C)c1cc(C(C)(C)C)c(O)cc1C.OP(O)OP(O)O. The van der Waals surface area contributed by atoms with E-state index in [2.05, 4.69) is 78.8 Å². The molecule has 2 rings (SSSR count). The minimum absolute atomic E-state index is 0.121. The van der Waals surface area contributed by atoms with Crippen molar-refractivity contribution in [3.63, 3.8) is 0 Å². The largest absolute Gasteiger partial charge is 0.508 e. The Labute approximate surface area is 212 Å². The summed E-state index contributed by atoms with van der Waals surface area (Å²) in [5.74, 6) is 0.997. The Kier molecular flexibility index (Phi) is 11.6. The number of aromatic hydroxyl groups is 2. The number of hydrogen-bond donors (Lipinski definition) is 6. The second-order valence-electron chi connectivity index (χ2n) is 10.9. The van der Waals surface area contributed by atoms with E-state index in [1.54, 1.807) is 0 Å². The molecule has 2 aromatic carbocycles.